The van der Waals surface area contributed by atoms with Gasteiger partial charge in [0.25, 0.3) is 0 Å². The van der Waals surface area contributed by atoms with Gasteiger partial charge in [0.1, 0.15) is 0 Å². The first-order valence-corrected chi connectivity index (χ1v) is 2.70. The molecule has 0 fully saturated rings. The van der Waals surface area contributed by atoms with E-state index in [4.69, 9.17) is 9.79 Å². The van der Waals surface area contributed by atoms with E-state index in [2.05, 4.69) is 4.52 Å². The van der Waals surface area contributed by atoms with Crippen molar-refractivity contribution < 1.29 is 27.4 Å². The molecule has 0 amide bonds. The van der Waals surface area contributed by atoms with E-state index in [-0.39, 0.29) is 122 Å². The average molecular weight is 238 g/mol. The summed E-state index contributed by atoms with van der Waals surface area (Å²) < 4.78 is 13.1. The van der Waals surface area contributed by atoms with Crippen LogP contribution in [0.1, 0.15) is 8.56 Å². The molecule has 8 heteroatoms. The van der Waals surface area contributed by atoms with Gasteiger partial charge >= 0.3 is 121 Å². The van der Waals surface area contributed by atoms with E-state index in [0.29, 0.717) is 0 Å². The zero-order valence-electron chi connectivity index (χ0n) is 11.3. The Labute approximate surface area is 152 Å². The van der Waals surface area contributed by atoms with Crippen LogP contribution in [0.3, 0.4) is 0 Å². The van der Waals surface area contributed by atoms with Crippen LogP contribution >= 0.6 is 7.82 Å². The largest absolute Gasteiger partial charge is 2.00 e. The predicted octanol–water partition coefficient (Wildman–Crippen LogP) is -0.742. The van der Waals surface area contributed by atoms with E-state index < -0.39 is 7.82 Å². The van der Waals surface area contributed by atoms with Gasteiger partial charge in [0.15, 0.2) is 0 Å². The SMILES string of the molecule is COP(=O)(O)O.[Ca+2].[Ca+2].[Ca+2].[H-].[H-].[H-].[H-].[H-].[H-]. The Kier molecular flexibility index (Phi) is 30.5. The van der Waals surface area contributed by atoms with Crippen molar-refractivity contribution in [1.29, 1.82) is 0 Å². The summed E-state index contributed by atoms with van der Waals surface area (Å²) >= 11 is 0. The summed E-state index contributed by atoms with van der Waals surface area (Å²) in [6.07, 6.45) is 0. The summed E-state index contributed by atoms with van der Waals surface area (Å²) in [6, 6.07) is 0. The predicted molar refractivity (Wildman–Crippen MR) is 43.0 cm³/mol. The molecule has 0 bridgehead atoms. The fraction of sp³-hybridized carbons (Fsp3) is 1.00. The molecule has 50 valence electrons. The topological polar surface area (TPSA) is 66.8 Å². The first-order chi connectivity index (χ1) is 2.56. The molecule has 0 aliphatic heterocycles. The standard InChI is InChI=1S/CH5O4P.3Ca.6H/c1-5-6(2,3)4;;;;;;;;;/h1H3,(H2,2,3,4);;;;;;;;;/q;3*+2;6*-1. The Morgan fingerprint density at radius 2 is 1.44 bits per heavy atom. The summed E-state index contributed by atoms with van der Waals surface area (Å²) in [5, 5.41) is 0. The van der Waals surface area contributed by atoms with E-state index in [0.717, 1.165) is 7.11 Å². The van der Waals surface area contributed by atoms with Crippen molar-refractivity contribution in [2.24, 2.45) is 0 Å². The van der Waals surface area contributed by atoms with Gasteiger partial charge < -0.3 is 18.3 Å². The van der Waals surface area contributed by atoms with Gasteiger partial charge in [-0.15, -0.1) is 0 Å². The van der Waals surface area contributed by atoms with Crippen LogP contribution in [-0.4, -0.2) is 130 Å². The van der Waals surface area contributed by atoms with Gasteiger partial charge in [-0.25, -0.2) is 4.57 Å². The minimum absolute atomic E-state index is 0. The van der Waals surface area contributed by atoms with E-state index in [9.17, 15) is 4.57 Å². The fourth-order valence-electron chi connectivity index (χ4n) is 0. The molecule has 0 aliphatic carbocycles. The number of hydrogen-bond donors (Lipinski definition) is 2. The van der Waals surface area contributed by atoms with E-state index in [1.54, 1.807) is 0 Å². The number of rotatable bonds is 1. The quantitative estimate of drug-likeness (QED) is 0.466. The maximum Gasteiger partial charge on any atom is 2.00 e. The minimum atomic E-state index is -4.15. The van der Waals surface area contributed by atoms with Gasteiger partial charge in [0.05, 0.1) is 0 Å². The first-order valence-electron chi connectivity index (χ1n) is 1.17. The molecule has 0 saturated heterocycles. The molecule has 0 spiro atoms. The maximum absolute atomic E-state index is 9.47. The van der Waals surface area contributed by atoms with Gasteiger partial charge in [-0.3, -0.25) is 4.52 Å². The zero-order chi connectivity index (χ0) is 5.21. The molecule has 0 atom stereocenters. The number of hydrogen-bond acceptors (Lipinski definition) is 2. The summed E-state index contributed by atoms with van der Waals surface area (Å²) in [4.78, 5) is 15.4. The van der Waals surface area contributed by atoms with Crippen molar-refractivity contribution in [3.63, 3.8) is 0 Å². The average Bonchev–Trinajstić information content (AvgIpc) is 1.35. The van der Waals surface area contributed by atoms with E-state index in [1.807, 2.05) is 0 Å². The van der Waals surface area contributed by atoms with Crippen LogP contribution in [0, 0.1) is 0 Å². The van der Waals surface area contributed by atoms with Gasteiger partial charge in [0.2, 0.25) is 0 Å². The third-order valence-electron chi connectivity index (χ3n) is 0.238. The monoisotopic (exact) mass is 238 g/mol. The molecule has 0 radical (unpaired) electrons. The molecule has 0 aromatic carbocycles. The summed E-state index contributed by atoms with van der Waals surface area (Å²) in [6.45, 7) is 0. The Balaban J connectivity index is -0.00000000347. The van der Waals surface area contributed by atoms with Crippen LogP contribution in [0.25, 0.3) is 0 Å². The van der Waals surface area contributed by atoms with Crippen LogP contribution in [0.2, 0.25) is 0 Å². The number of phosphoric acid groups is 1. The molecule has 0 aliphatic rings. The van der Waals surface area contributed by atoms with E-state index >= 15 is 0 Å². The molecule has 0 unspecified atom stereocenters. The Morgan fingerprint density at radius 1 is 1.33 bits per heavy atom. The van der Waals surface area contributed by atoms with Crippen LogP contribution in [0.5, 0.6) is 0 Å². The van der Waals surface area contributed by atoms with Crippen LogP contribution in [-0.2, 0) is 9.09 Å². The zero-order valence-corrected chi connectivity index (χ0v) is 12.8. The third kappa shape index (κ3) is 24.5. The Hall–Kier alpha value is 3.89. The van der Waals surface area contributed by atoms with E-state index in [1.165, 1.54) is 0 Å². The van der Waals surface area contributed by atoms with Crippen molar-refractivity contribution in [2.45, 2.75) is 0 Å². The van der Waals surface area contributed by atoms with Crippen molar-refractivity contribution in [1.82, 2.24) is 0 Å². The van der Waals surface area contributed by atoms with Crippen molar-refractivity contribution in [3.05, 3.63) is 0 Å². The molecular formula is CH11Ca3O4P. The van der Waals surface area contributed by atoms with Gasteiger partial charge in [0, 0.05) is 7.11 Å². The summed E-state index contributed by atoms with van der Waals surface area (Å²) in [5.41, 5.74) is 0. The van der Waals surface area contributed by atoms with Crippen LogP contribution < -0.4 is 0 Å². The molecule has 0 aromatic rings. The Morgan fingerprint density at radius 3 is 1.44 bits per heavy atom. The second-order valence-corrected chi connectivity index (χ2v) is 2.02. The molecule has 0 aromatic heterocycles. The Bertz CT molecular complexity index is 94.4. The minimum Gasteiger partial charge on any atom is -1.00 e. The van der Waals surface area contributed by atoms with Gasteiger partial charge in [-0.2, -0.15) is 0 Å². The molecule has 4 nitrogen and oxygen atoms in total. The molecule has 2 N–H and O–H groups in total. The van der Waals surface area contributed by atoms with Gasteiger partial charge in [-0.05, 0) is 0 Å². The normalized spacial score (nSPS) is 7.89. The van der Waals surface area contributed by atoms with Crippen molar-refractivity contribution in [3.8, 4) is 0 Å². The molecular weight excluding hydrogens is 227 g/mol. The second-order valence-electron chi connectivity index (χ2n) is 0.673. The fourth-order valence-corrected chi connectivity index (χ4v) is 0. The molecule has 0 saturated carbocycles. The third-order valence-corrected chi connectivity index (χ3v) is 0.714. The smallest absolute Gasteiger partial charge is 1.00 e. The number of phosphoric ester groups is 1. The van der Waals surface area contributed by atoms with Crippen LogP contribution in [0.4, 0.5) is 0 Å². The molecule has 9 heavy (non-hydrogen) atoms. The summed E-state index contributed by atoms with van der Waals surface area (Å²) in [7, 11) is -3.20. The molecule has 0 rings (SSSR count). The van der Waals surface area contributed by atoms with Gasteiger partial charge in [-0.1, -0.05) is 0 Å². The van der Waals surface area contributed by atoms with Crippen LogP contribution in [0.15, 0.2) is 0 Å². The van der Waals surface area contributed by atoms with Crippen molar-refractivity contribution >= 4 is 121 Å². The maximum atomic E-state index is 9.47. The van der Waals surface area contributed by atoms with Crippen molar-refractivity contribution in [2.75, 3.05) is 7.11 Å². The second kappa shape index (κ2) is 11.9. The first kappa shape index (κ1) is 23.1. The summed E-state index contributed by atoms with van der Waals surface area (Å²) in [5.74, 6) is 0. The molecule has 0 heterocycles.